The molecule has 7 nitrogen and oxygen atoms in total. The smallest absolute Gasteiger partial charge is 0.270 e. The quantitative estimate of drug-likeness (QED) is 0.612. The fourth-order valence-corrected chi connectivity index (χ4v) is 3.21. The number of nitrogens with zero attached hydrogens (tertiary/aromatic N) is 3. The van der Waals surface area contributed by atoms with Crippen LogP contribution < -0.4 is 10.2 Å². The normalized spacial score (nSPS) is 14.9. The molecule has 9 heteroatoms. The van der Waals surface area contributed by atoms with Crippen LogP contribution in [0.4, 0.5) is 17.1 Å². The Bertz CT molecular complexity index is 883. The number of carbonyl (C=O) groups is 1. The lowest BCUT2D eigenvalue weighted by Gasteiger charge is -2.34. The molecule has 0 atom stereocenters. The molecule has 142 valence electrons. The van der Waals surface area contributed by atoms with E-state index in [0.29, 0.717) is 21.4 Å². The monoisotopic (exact) mass is 408 g/mol. The van der Waals surface area contributed by atoms with Gasteiger partial charge < -0.3 is 15.1 Å². The first-order valence-electron chi connectivity index (χ1n) is 8.33. The average molecular weight is 409 g/mol. The summed E-state index contributed by atoms with van der Waals surface area (Å²) < 4.78 is 0. The second-order valence-corrected chi connectivity index (χ2v) is 7.15. The van der Waals surface area contributed by atoms with Crippen LogP contribution in [0.2, 0.25) is 10.0 Å². The number of nitro benzene ring substituents is 1. The van der Waals surface area contributed by atoms with Crippen molar-refractivity contribution in [2.75, 3.05) is 43.4 Å². The number of piperazine rings is 1. The molecule has 3 rings (SSSR count). The molecule has 1 fully saturated rings. The Kier molecular flexibility index (Phi) is 5.84. The summed E-state index contributed by atoms with van der Waals surface area (Å²) in [5, 5.41) is 14.6. The number of hydrogen-bond acceptors (Lipinski definition) is 5. The van der Waals surface area contributed by atoms with Crippen molar-refractivity contribution in [1.29, 1.82) is 0 Å². The van der Waals surface area contributed by atoms with Gasteiger partial charge in [0.25, 0.3) is 11.6 Å². The van der Waals surface area contributed by atoms with Crippen molar-refractivity contribution in [2.45, 2.75) is 0 Å². The molecule has 0 aliphatic carbocycles. The highest BCUT2D eigenvalue weighted by Crippen LogP contribution is 2.29. The maximum absolute atomic E-state index is 12.9. The lowest BCUT2D eigenvalue weighted by atomic mass is 10.1. The van der Waals surface area contributed by atoms with Crippen LogP contribution in [0.25, 0.3) is 0 Å². The lowest BCUT2D eigenvalue weighted by Crippen LogP contribution is -2.45. The summed E-state index contributed by atoms with van der Waals surface area (Å²) in [5.41, 5.74) is 1.25. The van der Waals surface area contributed by atoms with E-state index in [4.69, 9.17) is 23.2 Å². The number of carbonyl (C=O) groups excluding carboxylic acids is 1. The van der Waals surface area contributed by atoms with Gasteiger partial charge in [0.05, 0.1) is 26.2 Å². The first kappa shape index (κ1) is 19.4. The Hall–Kier alpha value is -2.35. The summed E-state index contributed by atoms with van der Waals surface area (Å²) in [5.74, 6) is -0.439. The minimum atomic E-state index is -0.510. The Morgan fingerprint density at radius 3 is 2.41 bits per heavy atom. The van der Waals surface area contributed by atoms with Gasteiger partial charge >= 0.3 is 0 Å². The van der Waals surface area contributed by atoms with Crippen LogP contribution in [0, 0.1) is 10.1 Å². The van der Waals surface area contributed by atoms with E-state index in [-0.39, 0.29) is 11.3 Å². The van der Waals surface area contributed by atoms with Crippen molar-refractivity contribution in [3.05, 3.63) is 62.1 Å². The zero-order valence-corrected chi connectivity index (χ0v) is 16.1. The highest BCUT2D eigenvalue weighted by molar-refractivity contribution is 6.42. The van der Waals surface area contributed by atoms with Gasteiger partial charge in [0.15, 0.2) is 0 Å². The highest BCUT2D eigenvalue weighted by atomic mass is 35.5. The Labute approximate surface area is 166 Å². The number of likely N-dealkylation sites (N-methyl/N-ethyl adjacent to an activating group) is 1. The van der Waals surface area contributed by atoms with Gasteiger partial charge in [-0.3, -0.25) is 14.9 Å². The lowest BCUT2D eigenvalue weighted by molar-refractivity contribution is -0.384. The molecule has 2 aromatic rings. The molecule has 0 aromatic heterocycles. The molecule has 27 heavy (non-hydrogen) atoms. The van der Waals surface area contributed by atoms with Crippen LogP contribution in [0.5, 0.6) is 0 Å². The molecule has 1 saturated heterocycles. The SMILES string of the molecule is CN1CCN(c2ccc([N+](=O)[O-])cc2C(=O)Nc2ccc(Cl)c(Cl)c2)CC1. The van der Waals surface area contributed by atoms with Crippen LogP contribution in [-0.2, 0) is 0 Å². The molecular weight excluding hydrogens is 391 g/mol. The van der Waals surface area contributed by atoms with E-state index in [1.165, 1.54) is 18.2 Å². The summed E-state index contributed by atoms with van der Waals surface area (Å²) in [6.07, 6.45) is 0. The summed E-state index contributed by atoms with van der Waals surface area (Å²) >= 11 is 11.9. The molecule has 0 bridgehead atoms. The first-order valence-corrected chi connectivity index (χ1v) is 9.09. The van der Waals surface area contributed by atoms with Crippen LogP contribution in [0.1, 0.15) is 10.4 Å². The average Bonchev–Trinajstić information content (AvgIpc) is 2.65. The van der Waals surface area contributed by atoms with Gasteiger partial charge in [-0.1, -0.05) is 23.2 Å². The Balaban J connectivity index is 1.92. The van der Waals surface area contributed by atoms with Gasteiger partial charge in [0.1, 0.15) is 0 Å². The van der Waals surface area contributed by atoms with Gasteiger partial charge in [0, 0.05) is 44.0 Å². The summed E-state index contributed by atoms with van der Waals surface area (Å²) in [4.78, 5) is 27.8. The summed E-state index contributed by atoms with van der Waals surface area (Å²) in [6.45, 7) is 3.18. The molecule has 0 spiro atoms. The molecule has 2 aromatic carbocycles. The molecule has 0 radical (unpaired) electrons. The molecule has 0 saturated carbocycles. The summed E-state index contributed by atoms with van der Waals surface area (Å²) in [7, 11) is 2.03. The van der Waals surface area contributed by atoms with Crippen LogP contribution >= 0.6 is 23.2 Å². The maximum atomic E-state index is 12.9. The van der Waals surface area contributed by atoms with Crippen molar-refractivity contribution in [2.24, 2.45) is 0 Å². The molecule has 1 amide bonds. The van der Waals surface area contributed by atoms with E-state index in [9.17, 15) is 14.9 Å². The molecular formula is C18H18Cl2N4O3. The van der Waals surface area contributed by atoms with E-state index >= 15 is 0 Å². The highest BCUT2D eigenvalue weighted by Gasteiger charge is 2.23. The van der Waals surface area contributed by atoms with Crippen molar-refractivity contribution in [1.82, 2.24) is 4.90 Å². The van der Waals surface area contributed by atoms with Crippen molar-refractivity contribution in [3.8, 4) is 0 Å². The molecule has 1 aliphatic rings. The third-order valence-electron chi connectivity index (χ3n) is 4.46. The van der Waals surface area contributed by atoms with Gasteiger partial charge in [-0.05, 0) is 31.3 Å². The fourth-order valence-electron chi connectivity index (χ4n) is 2.91. The standard InChI is InChI=1S/C18H18Cl2N4O3/c1-22-6-8-23(9-7-22)17-5-3-13(24(26)27)11-14(17)18(25)21-12-2-4-15(19)16(20)10-12/h2-5,10-11H,6-9H2,1H3,(H,21,25). The van der Waals surface area contributed by atoms with E-state index in [1.54, 1.807) is 18.2 Å². The van der Waals surface area contributed by atoms with Gasteiger partial charge in [-0.15, -0.1) is 0 Å². The van der Waals surface area contributed by atoms with Gasteiger partial charge in [-0.2, -0.15) is 0 Å². The summed E-state index contributed by atoms with van der Waals surface area (Å²) in [6, 6.07) is 9.10. The molecule has 1 heterocycles. The van der Waals surface area contributed by atoms with Crippen LogP contribution in [0.15, 0.2) is 36.4 Å². The predicted octanol–water partition coefficient (Wildman–Crippen LogP) is 3.91. The van der Waals surface area contributed by atoms with E-state index < -0.39 is 10.8 Å². The van der Waals surface area contributed by atoms with E-state index in [2.05, 4.69) is 15.1 Å². The largest absolute Gasteiger partial charge is 0.368 e. The number of hydrogen-bond donors (Lipinski definition) is 1. The molecule has 1 aliphatic heterocycles. The minimum Gasteiger partial charge on any atom is -0.368 e. The zero-order chi connectivity index (χ0) is 19.6. The number of benzene rings is 2. The second kappa shape index (κ2) is 8.12. The topological polar surface area (TPSA) is 78.7 Å². The van der Waals surface area contributed by atoms with E-state index in [1.807, 2.05) is 7.05 Å². The van der Waals surface area contributed by atoms with Crippen molar-refractivity contribution in [3.63, 3.8) is 0 Å². The van der Waals surface area contributed by atoms with Crippen molar-refractivity contribution >= 4 is 46.2 Å². The number of amides is 1. The number of halogens is 2. The number of nitrogens with one attached hydrogen (secondary N) is 1. The minimum absolute atomic E-state index is 0.132. The fraction of sp³-hybridized carbons (Fsp3) is 0.278. The number of anilines is 2. The van der Waals surface area contributed by atoms with Crippen LogP contribution in [-0.4, -0.2) is 49.0 Å². The Morgan fingerprint density at radius 2 is 1.78 bits per heavy atom. The number of rotatable bonds is 4. The molecule has 0 unspecified atom stereocenters. The van der Waals surface area contributed by atoms with Crippen molar-refractivity contribution < 1.29 is 9.72 Å². The second-order valence-electron chi connectivity index (χ2n) is 6.33. The van der Waals surface area contributed by atoms with Gasteiger partial charge in [-0.25, -0.2) is 0 Å². The molecule has 1 N–H and O–H groups in total. The zero-order valence-electron chi connectivity index (χ0n) is 14.6. The van der Waals surface area contributed by atoms with Gasteiger partial charge in [0.2, 0.25) is 0 Å². The third kappa shape index (κ3) is 4.50. The Morgan fingerprint density at radius 1 is 1.07 bits per heavy atom. The van der Waals surface area contributed by atoms with Crippen LogP contribution in [0.3, 0.4) is 0 Å². The van der Waals surface area contributed by atoms with E-state index in [0.717, 1.165) is 26.2 Å². The maximum Gasteiger partial charge on any atom is 0.270 e. The third-order valence-corrected chi connectivity index (χ3v) is 5.20. The first-order chi connectivity index (χ1) is 12.8. The number of nitro groups is 1. The predicted molar refractivity (Wildman–Crippen MR) is 107 cm³/mol. The number of non-ortho nitro benzene ring substituents is 1.